The van der Waals surface area contributed by atoms with Gasteiger partial charge in [0.25, 0.3) is 5.95 Å². The number of methoxy groups -OCH3 is 1. The second kappa shape index (κ2) is 6.41. The molecule has 0 aliphatic rings. The molecule has 0 bridgehead atoms. The summed E-state index contributed by atoms with van der Waals surface area (Å²) in [5.41, 5.74) is 1.01. The Balaban J connectivity index is 2.09. The van der Waals surface area contributed by atoms with Gasteiger partial charge in [-0.15, -0.1) is 5.10 Å². The number of aryl methyl sites for hydroxylation is 1. The maximum absolute atomic E-state index is 11.6. The van der Waals surface area contributed by atoms with E-state index in [0.29, 0.717) is 17.8 Å². The SMILES string of the molecule is CCn1nnc(/N=C/Nc2ccccc2C(=O)OC)n1. The van der Waals surface area contributed by atoms with Gasteiger partial charge in [-0.25, -0.2) is 4.79 Å². The normalized spacial score (nSPS) is 10.7. The Kier molecular flexibility index (Phi) is 4.38. The Morgan fingerprint density at radius 2 is 2.30 bits per heavy atom. The summed E-state index contributed by atoms with van der Waals surface area (Å²) in [6, 6.07) is 6.96. The first kappa shape index (κ1) is 13.7. The number of nitrogens with zero attached hydrogens (tertiary/aromatic N) is 5. The minimum absolute atomic E-state index is 0.245. The number of esters is 1. The van der Waals surface area contributed by atoms with Crippen molar-refractivity contribution in [3.05, 3.63) is 29.8 Å². The summed E-state index contributed by atoms with van der Waals surface area (Å²) in [6.45, 7) is 2.53. The first-order chi connectivity index (χ1) is 9.74. The van der Waals surface area contributed by atoms with Crippen LogP contribution in [0.2, 0.25) is 0 Å². The van der Waals surface area contributed by atoms with E-state index in [1.165, 1.54) is 18.2 Å². The van der Waals surface area contributed by atoms with E-state index in [1.54, 1.807) is 24.3 Å². The van der Waals surface area contributed by atoms with Gasteiger partial charge in [0, 0.05) is 0 Å². The van der Waals surface area contributed by atoms with Gasteiger partial charge < -0.3 is 10.1 Å². The number of aliphatic imine (C=N–C) groups is 1. The van der Waals surface area contributed by atoms with Crippen molar-refractivity contribution < 1.29 is 9.53 Å². The minimum atomic E-state index is -0.420. The fourth-order valence-electron chi connectivity index (χ4n) is 1.48. The first-order valence-electron chi connectivity index (χ1n) is 5.98. The maximum atomic E-state index is 11.6. The molecule has 2 rings (SSSR count). The number of anilines is 1. The lowest BCUT2D eigenvalue weighted by molar-refractivity contribution is 0.0602. The maximum Gasteiger partial charge on any atom is 0.339 e. The average Bonchev–Trinajstić information content (AvgIpc) is 2.95. The quantitative estimate of drug-likeness (QED) is 0.501. The molecular formula is C12H14N6O2. The number of aromatic nitrogens is 4. The summed E-state index contributed by atoms with van der Waals surface area (Å²) >= 11 is 0. The molecule has 0 unspecified atom stereocenters. The summed E-state index contributed by atoms with van der Waals surface area (Å²) in [5, 5.41) is 14.4. The number of ether oxygens (including phenoxy) is 1. The molecule has 0 amide bonds. The van der Waals surface area contributed by atoms with Crippen LogP contribution in [0.25, 0.3) is 0 Å². The zero-order chi connectivity index (χ0) is 14.4. The van der Waals surface area contributed by atoms with Gasteiger partial charge in [-0.1, -0.05) is 17.2 Å². The van der Waals surface area contributed by atoms with E-state index in [-0.39, 0.29) is 5.95 Å². The molecule has 20 heavy (non-hydrogen) atoms. The molecule has 1 heterocycles. The second-order valence-corrected chi connectivity index (χ2v) is 3.72. The number of benzene rings is 1. The number of hydrogen-bond donors (Lipinski definition) is 1. The summed E-state index contributed by atoms with van der Waals surface area (Å²) in [7, 11) is 1.33. The van der Waals surface area contributed by atoms with E-state index in [2.05, 4.69) is 25.7 Å². The molecule has 1 aromatic heterocycles. The average molecular weight is 274 g/mol. The molecule has 0 aliphatic carbocycles. The Labute approximate surface area is 115 Å². The Morgan fingerprint density at radius 1 is 1.50 bits per heavy atom. The van der Waals surface area contributed by atoms with Crippen LogP contribution in [-0.4, -0.2) is 39.6 Å². The van der Waals surface area contributed by atoms with Gasteiger partial charge in [-0.2, -0.15) is 9.79 Å². The van der Waals surface area contributed by atoms with Crippen molar-refractivity contribution >= 4 is 23.9 Å². The van der Waals surface area contributed by atoms with Crippen LogP contribution in [0.1, 0.15) is 17.3 Å². The van der Waals surface area contributed by atoms with Crippen molar-refractivity contribution in [2.45, 2.75) is 13.5 Å². The third kappa shape index (κ3) is 3.16. The molecule has 0 saturated carbocycles. The third-order valence-electron chi connectivity index (χ3n) is 2.46. The van der Waals surface area contributed by atoms with Gasteiger partial charge in [0.05, 0.1) is 31.2 Å². The van der Waals surface area contributed by atoms with Crippen LogP contribution in [0.3, 0.4) is 0 Å². The lowest BCUT2D eigenvalue weighted by atomic mass is 10.2. The van der Waals surface area contributed by atoms with E-state index < -0.39 is 5.97 Å². The highest BCUT2D eigenvalue weighted by molar-refractivity contribution is 5.98. The molecule has 1 N–H and O–H groups in total. The van der Waals surface area contributed by atoms with Crippen molar-refractivity contribution in [3.63, 3.8) is 0 Å². The molecule has 8 nitrogen and oxygen atoms in total. The highest BCUT2D eigenvalue weighted by Gasteiger charge is 2.09. The number of hydrogen-bond acceptors (Lipinski definition) is 6. The largest absolute Gasteiger partial charge is 0.465 e. The molecule has 104 valence electrons. The molecule has 8 heteroatoms. The monoisotopic (exact) mass is 274 g/mol. The standard InChI is InChI=1S/C12H14N6O2/c1-3-18-16-12(15-17-18)14-8-13-10-7-5-4-6-9(10)11(19)20-2/h4-8H,3H2,1-2H3,(H,13,14,16). The fourth-order valence-corrected chi connectivity index (χ4v) is 1.48. The zero-order valence-electron chi connectivity index (χ0n) is 11.1. The van der Waals surface area contributed by atoms with Gasteiger partial charge in [0.2, 0.25) is 0 Å². The molecular weight excluding hydrogens is 260 g/mol. The van der Waals surface area contributed by atoms with Crippen LogP contribution in [0.4, 0.5) is 11.6 Å². The molecule has 0 radical (unpaired) electrons. The number of carbonyl (C=O) groups is 1. The van der Waals surface area contributed by atoms with Crippen LogP contribution in [0.5, 0.6) is 0 Å². The Morgan fingerprint density at radius 3 is 3.00 bits per heavy atom. The second-order valence-electron chi connectivity index (χ2n) is 3.72. The number of carbonyl (C=O) groups excluding carboxylic acids is 1. The zero-order valence-corrected chi connectivity index (χ0v) is 11.1. The Hall–Kier alpha value is -2.77. The molecule has 2 aromatic rings. The molecule has 0 spiro atoms. The van der Waals surface area contributed by atoms with Crippen LogP contribution < -0.4 is 5.32 Å². The van der Waals surface area contributed by atoms with Crippen LogP contribution in [-0.2, 0) is 11.3 Å². The number of rotatable bonds is 5. The predicted molar refractivity (Wildman–Crippen MR) is 73.0 cm³/mol. The molecule has 1 aromatic carbocycles. The minimum Gasteiger partial charge on any atom is -0.465 e. The fraction of sp³-hybridized carbons (Fsp3) is 0.250. The third-order valence-corrected chi connectivity index (χ3v) is 2.46. The predicted octanol–water partition coefficient (Wildman–Crippen LogP) is 1.25. The lowest BCUT2D eigenvalue weighted by Gasteiger charge is -2.06. The number of para-hydroxylation sites is 1. The van der Waals surface area contributed by atoms with E-state index >= 15 is 0 Å². The van der Waals surface area contributed by atoms with E-state index in [4.69, 9.17) is 4.74 Å². The van der Waals surface area contributed by atoms with Crippen molar-refractivity contribution in [3.8, 4) is 0 Å². The van der Waals surface area contributed by atoms with Crippen molar-refractivity contribution in [2.75, 3.05) is 12.4 Å². The summed E-state index contributed by atoms with van der Waals surface area (Å²) in [5.74, 6) is -0.175. The highest BCUT2D eigenvalue weighted by atomic mass is 16.5. The smallest absolute Gasteiger partial charge is 0.339 e. The van der Waals surface area contributed by atoms with Gasteiger partial charge in [-0.05, 0) is 24.3 Å². The number of tetrazole rings is 1. The van der Waals surface area contributed by atoms with Crippen LogP contribution in [0.15, 0.2) is 29.3 Å². The van der Waals surface area contributed by atoms with E-state index in [9.17, 15) is 4.79 Å². The van der Waals surface area contributed by atoms with Crippen LogP contribution >= 0.6 is 0 Å². The van der Waals surface area contributed by atoms with Crippen molar-refractivity contribution in [2.24, 2.45) is 4.99 Å². The summed E-state index contributed by atoms with van der Waals surface area (Å²) < 4.78 is 4.70. The van der Waals surface area contributed by atoms with Crippen molar-refractivity contribution in [1.82, 2.24) is 20.2 Å². The van der Waals surface area contributed by atoms with Gasteiger partial charge >= 0.3 is 5.97 Å². The van der Waals surface area contributed by atoms with Gasteiger partial charge in [0.15, 0.2) is 0 Å². The molecule has 0 fully saturated rings. The molecule has 0 atom stereocenters. The Bertz CT molecular complexity index is 622. The topological polar surface area (TPSA) is 94.3 Å². The molecule has 0 saturated heterocycles. The van der Waals surface area contributed by atoms with Gasteiger partial charge in [-0.3, -0.25) is 0 Å². The molecule has 0 aliphatic heterocycles. The highest BCUT2D eigenvalue weighted by Crippen LogP contribution is 2.15. The lowest BCUT2D eigenvalue weighted by Crippen LogP contribution is -2.06. The van der Waals surface area contributed by atoms with E-state index in [1.807, 2.05) is 6.92 Å². The van der Waals surface area contributed by atoms with Gasteiger partial charge in [0.1, 0.15) is 0 Å². The van der Waals surface area contributed by atoms with E-state index in [0.717, 1.165) is 0 Å². The summed E-state index contributed by atoms with van der Waals surface area (Å²) in [6.07, 6.45) is 1.40. The van der Waals surface area contributed by atoms with Crippen LogP contribution in [0, 0.1) is 0 Å². The van der Waals surface area contributed by atoms with Crippen molar-refractivity contribution in [1.29, 1.82) is 0 Å². The summed E-state index contributed by atoms with van der Waals surface area (Å²) in [4.78, 5) is 17.0. The first-order valence-corrected chi connectivity index (χ1v) is 5.98. The number of nitrogens with one attached hydrogen (secondary N) is 1.